The maximum Gasteiger partial charge on any atom is 0.224 e. The largest absolute Gasteiger partial charge is 0.386 e. The van der Waals surface area contributed by atoms with E-state index in [1.54, 1.807) is 12.1 Å². The van der Waals surface area contributed by atoms with Crippen LogP contribution < -0.4 is 5.32 Å². The van der Waals surface area contributed by atoms with E-state index >= 15 is 0 Å². The Morgan fingerprint density at radius 3 is 2.95 bits per heavy atom. The van der Waals surface area contributed by atoms with Gasteiger partial charge in [0, 0.05) is 24.5 Å². The van der Waals surface area contributed by atoms with Crippen molar-refractivity contribution < 1.29 is 9.90 Å². The average molecular weight is 331 g/mol. The molecule has 2 unspecified atom stereocenters. The van der Waals surface area contributed by atoms with Crippen molar-refractivity contribution in [3.8, 4) is 0 Å². The van der Waals surface area contributed by atoms with E-state index < -0.39 is 6.10 Å². The summed E-state index contributed by atoms with van der Waals surface area (Å²) in [4.78, 5) is 15.3. The normalized spacial score (nSPS) is 20.9. The Hall–Kier alpha value is -0.620. The molecule has 1 amide bonds. The van der Waals surface area contributed by atoms with Crippen molar-refractivity contribution in [2.45, 2.75) is 26.4 Å². The van der Waals surface area contributed by atoms with Crippen LogP contribution in [0.25, 0.3) is 0 Å². The predicted octanol–water partition coefficient (Wildman–Crippen LogP) is 2.53. The molecule has 0 spiro atoms. The number of rotatable bonds is 6. The highest BCUT2D eigenvalue weighted by atomic mass is 35.5. The Kier molecular flexibility index (Phi) is 6.05. The van der Waals surface area contributed by atoms with E-state index in [-0.39, 0.29) is 18.4 Å². The molecule has 2 heterocycles. The molecule has 1 aliphatic rings. The quantitative estimate of drug-likeness (QED) is 0.842. The van der Waals surface area contributed by atoms with Crippen molar-refractivity contribution in [2.24, 2.45) is 11.8 Å². The second-order valence-electron chi connectivity index (χ2n) is 6.04. The highest BCUT2D eigenvalue weighted by Gasteiger charge is 2.28. The number of carbonyl (C=O) groups is 1. The van der Waals surface area contributed by atoms with Crippen LogP contribution in [0.1, 0.15) is 31.2 Å². The first-order valence-electron chi connectivity index (χ1n) is 7.39. The molecule has 1 aliphatic heterocycles. The zero-order valence-electron chi connectivity index (χ0n) is 12.5. The van der Waals surface area contributed by atoms with E-state index in [9.17, 15) is 9.90 Å². The molecule has 1 saturated heterocycles. The summed E-state index contributed by atoms with van der Waals surface area (Å²) in [5.41, 5.74) is 0. The monoisotopic (exact) mass is 330 g/mol. The van der Waals surface area contributed by atoms with Crippen molar-refractivity contribution in [3.05, 3.63) is 21.3 Å². The zero-order valence-corrected chi connectivity index (χ0v) is 14.1. The molecule has 0 aromatic carbocycles. The molecular weight excluding hydrogens is 308 g/mol. The molecule has 4 nitrogen and oxygen atoms in total. The Morgan fingerprint density at radius 2 is 2.33 bits per heavy atom. The number of aliphatic hydroxyl groups excluding tert-OH is 1. The number of aliphatic hydroxyl groups is 1. The van der Waals surface area contributed by atoms with E-state index in [1.807, 2.05) is 0 Å². The summed E-state index contributed by atoms with van der Waals surface area (Å²) in [5.74, 6) is 0.711. The van der Waals surface area contributed by atoms with E-state index in [2.05, 4.69) is 24.1 Å². The highest BCUT2D eigenvalue weighted by molar-refractivity contribution is 7.16. The first-order valence-corrected chi connectivity index (χ1v) is 8.58. The third kappa shape index (κ3) is 4.95. The first-order chi connectivity index (χ1) is 9.95. The van der Waals surface area contributed by atoms with E-state index in [0.29, 0.717) is 10.3 Å². The van der Waals surface area contributed by atoms with Crippen molar-refractivity contribution in [1.29, 1.82) is 0 Å². The summed E-state index contributed by atoms with van der Waals surface area (Å²) in [5, 5.41) is 12.9. The van der Waals surface area contributed by atoms with Crippen LogP contribution in [0.15, 0.2) is 12.1 Å². The number of carbonyl (C=O) groups excluding carboxylic acids is 1. The average Bonchev–Trinajstić information content (AvgIpc) is 3.04. The third-order valence-electron chi connectivity index (χ3n) is 3.66. The fraction of sp³-hybridized carbons (Fsp3) is 0.667. The molecule has 2 atom stereocenters. The number of hydrogen-bond acceptors (Lipinski definition) is 4. The van der Waals surface area contributed by atoms with Gasteiger partial charge < -0.3 is 15.3 Å². The molecule has 0 radical (unpaired) electrons. The van der Waals surface area contributed by atoms with Gasteiger partial charge in [0.15, 0.2) is 0 Å². The fourth-order valence-corrected chi connectivity index (χ4v) is 3.73. The van der Waals surface area contributed by atoms with Gasteiger partial charge in [0.1, 0.15) is 6.10 Å². The minimum Gasteiger partial charge on any atom is -0.386 e. The predicted molar refractivity (Wildman–Crippen MR) is 86.7 cm³/mol. The molecule has 1 aromatic rings. The highest BCUT2D eigenvalue weighted by Crippen LogP contribution is 2.26. The van der Waals surface area contributed by atoms with Crippen LogP contribution in [0.2, 0.25) is 4.34 Å². The van der Waals surface area contributed by atoms with Gasteiger partial charge in [0.05, 0.1) is 10.3 Å². The second-order valence-corrected chi connectivity index (χ2v) is 7.79. The summed E-state index contributed by atoms with van der Waals surface area (Å²) >= 11 is 7.19. The van der Waals surface area contributed by atoms with E-state index in [1.165, 1.54) is 11.3 Å². The Morgan fingerprint density at radius 1 is 1.57 bits per heavy atom. The van der Waals surface area contributed by atoms with E-state index in [0.717, 1.165) is 30.9 Å². The van der Waals surface area contributed by atoms with Gasteiger partial charge >= 0.3 is 0 Å². The van der Waals surface area contributed by atoms with Crippen LogP contribution in [0.5, 0.6) is 0 Å². The summed E-state index contributed by atoms with van der Waals surface area (Å²) in [6.45, 7) is 7.48. The lowest BCUT2D eigenvalue weighted by molar-refractivity contribution is -0.125. The summed E-state index contributed by atoms with van der Waals surface area (Å²) in [6.07, 6.45) is 0.221. The summed E-state index contributed by atoms with van der Waals surface area (Å²) < 4.78 is 0.649. The second kappa shape index (κ2) is 7.58. The molecule has 6 heteroatoms. The van der Waals surface area contributed by atoms with Crippen LogP contribution in [0, 0.1) is 11.8 Å². The molecule has 2 N–H and O–H groups in total. The minimum absolute atomic E-state index is 0.0443. The molecular formula is C15H23ClN2O2S. The number of halogens is 1. The van der Waals surface area contributed by atoms with Crippen molar-refractivity contribution in [1.82, 2.24) is 10.2 Å². The van der Waals surface area contributed by atoms with Crippen molar-refractivity contribution in [3.63, 3.8) is 0 Å². The lowest BCUT2D eigenvalue weighted by atomic mass is 10.1. The molecule has 0 aliphatic carbocycles. The molecule has 118 valence electrons. The maximum absolute atomic E-state index is 12.1. The lowest BCUT2D eigenvalue weighted by Gasteiger charge is -2.18. The molecule has 1 aromatic heterocycles. The van der Waals surface area contributed by atoms with Crippen LogP contribution in [0.3, 0.4) is 0 Å². The van der Waals surface area contributed by atoms with Gasteiger partial charge in [-0.3, -0.25) is 4.79 Å². The number of nitrogens with one attached hydrogen (secondary N) is 1. The van der Waals surface area contributed by atoms with Crippen LogP contribution in [-0.2, 0) is 4.79 Å². The number of thiophene rings is 1. The molecule has 2 rings (SSSR count). The van der Waals surface area contributed by atoms with Crippen LogP contribution >= 0.6 is 22.9 Å². The van der Waals surface area contributed by atoms with Gasteiger partial charge in [-0.2, -0.15) is 0 Å². The van der Waals surface area contributed by atoms with Crippen molar-refractivity contribution >= 4 is 28.8 Å². The van der Waals surface area contributed by atoms with Gasteiger partial charge in [-0.1, -0.05) is 25.4 Å². The minimum atomic E-state index is -0.681. The maximum atomic E-state index is 12.1. The summed E-state index contributed by atoms with van der Waals surface area (Å²) in [6, 6.07) is 3.55. The molecule has 21 heavy (non-hydrogen) atoms. The number of hydrogen-bond donors (Lipinski definition) is 2. The Labute approximate surface area is 135 Å². The topological polar surface area (TPSA) is 52.6 Å². The fourth-order valence-electron chi connectivity index (χ4n) is 2.68. The standard InChI is InChI=1S/C15H23ClN2O2S/c1-10(2)8-18-6-5-11(9-18)15(20)17-7-12(19)13-3-4-14(16)21-13/h3-4,10-12,19H,5-9H2,1-2H3,(H,17,20). The molecule has 0 bridgehead atoms. The van der Waals surface area contributed by atoms with Gasteiger partial charge in [0.25, 0.3) is 0 Å². The number of likely N-dealkylation sites (tertiary alicyclic amines) is 1. The smallest absolute Gasteiger partial charge is 0.224 e. The molecule has 0 saturated carbocycles. The van der Waals surface area contributed by atoms with Gasteiger partial charge in [-0.25, -0.2) is 0 Å². The Balaban J connectivity index is 1.75. The third-order valence-corrected chi connectivity index (χ3v) is 4.99. The number of amides is 1. The number of nitrogens with zero attached hydrogens (tertiary/aromatic N) is 1. The van der Waals surface area contributed by atoms with Gasteiger partial charge in [0.2, 0.25) is 5.91 Å². The van der Waals surface area contributed by atoms with Crippen LogP contribution in [-0.4, -0.2) is 42.1 Å². The molecule has 1 fully saturated rings. The SMILES string of the molecule is CC(C)CN1CCC(C(=O)NCC(O)c2ccc(Cl)s2)C1. The van der Waals surface area contributed by atoms with Crippen molar-refractivity contribution in [2.75, 3.05) is 26.2 Å². The first kappa shape index (κ1) is 16.7. The zero-order chi connectivity index (χ0) is 15.4. The van der Waals surface area contributed by atoms with Gasteiger partial charge in [-0.05, 0) is 31.0 Å². The van der Waals surface area contributed by atoms with Gasteiger partial charge in [-0.15, -0.1) is 11.3 Å². The Bertz CT molecular complexity index is 478. The summed E-state index contributed by atoms with van der Waals surface area (Å²) in [7, 11) is 0. The van der Waals surface area contributed by atoms with E-state index in [4.69, 9.17) is 11.6 Å². The van der Waals surface area contributed by atoms with Crippen LogP contribution in [0.4, 0.5) is 0 Å². The lowest BCUT2D eigenvalue weighted by Crippen LogP contribution is -2.35.